The second-order valence-corrected chi connectivity index (χ2v) is 1.74. The van der Waals surface area contributed by atoms with Crippen molar-refractivity contribution in [2.75, 3.05) is 13.2 Å². The number of hydrogen-bond acceptors (Lipinski definition) is 3. The van der Waals surface area contributed by atoms with Gasteiger partial charge in [-0.3, -0.25) is 4.79 Å². The Morgan fingerprint density at radius 1 is 1.89 bits per heavy atom. The molecular formula is C5H8N2O2. The van der Waals surface area contributed by atoms with E-state index >= 15 is 0 Å². The maximum atomic E-state index is 10.7. The van der Waals surface area contributed by atoms with Gasteiger partial charge < -0.3 is 5.11 Å². The molecule has 1 rings (SSSR count). The van der Waals surface area contributed by atoms with Gasteiger partial charge in [0.2, 0.25) is 5.91 Å². The minimum Gasteiger partial charge on any atom is -0.394 e. The average Bonchev–Trinajstić information content (AvgIpc) is 2.18. The lowest BCUT2D eigenvalue weighted by atomic mass is 10.4. The van der Waals surface area contributed by atoms with Crippen molar-refractivity contribution < 1.29 is 9.90 Å². The highest BCUT2D eigenvalue weighted by atomic mass is 16.3. The first kappa shape index (κ1) is 6.22. The Hall–Kier alpha value is -0.900. The number of hydrazone groups is 1. The van der Waals surface area contributed by atoms with Crippen molar-refractivity contribution in [1.29, 1.82) is 0 Å². The molecule has 0 fully saturated rings. The highest BCUT2D eigenvalue weighted by molar-refractivity contribution is 5.93. The third kappa shape index (κ3) is 1.26. The molecule has 4 heteroatoms. The summed E-state index contributed by atoms with van der Waals surface area (Å²) in [4.78, 5) is 10.7. The second kappa shape index (κ2) is 2.59. The topological polar surface area (TPSA) is 52.9 Å². The molecule has 50 valence electrons. The highest BCUT2D eigenvalue weighted by Crippen LogP contribution is 1.99. The largest absolute Gasteiger partial charge is 0.394 e. The van der Waals surface area contributed by atoms with Crippen molar-refractivity contribution >= 4 is 12.1 Å². The Bertz CT molecular complexity index is 144. The smallest absolute Gasteiger partial charge is 0.248 e. The zero-order valence-electron chi connectivity index (χ0n) is 4.95. The lowest BCUT2D eigenvalue weighted by molar-refractivity contribution is -0.129. The number of carbonyl (C=O) groups is 1. The predicted octanol–water partition coefficient (Wildman–Crippen LogP) is -0.803. The number of hydrogen-bond donors (Lipinski definition) is 1. The summed E-state index contributed by atoms with van der Waals surface area (Å²) in [5, 5.41) is 13.3. The van der Waals surface area contributed by atoms with Crippen LogP contribution in [-0.4, -0.2) is 35.4 Å². The normalized spacial score (nSPS) is 17.4. The van der Waals surface area contributed by atoms with Gasteiger partial charge in [0, 0.05) is 6.21 Å². The van der Waals surface area contributed by atoms with Crippen molar-refractivity contribution in [3.63, 3.8) is 0 Å². The highest BCUT2D eigenvalue weighted by Gasteiger charge is 2.14. The number of carbonyl (C=O) groups excluding carboxylic acids is 1. The molecule has 0 saturated carbocycles. The lowest BCUT2D eigenvalue weighted by Gasteiger charge is -2.07. The molecule has 0 saturated heterocycles. The molecule has 0 bridgehead atoms. The molecule has 1 N–H and O–H groups in total. The summed E-state index contributed by atoms with van der Waals surface area (Å²) in [6.07, 6.45) is 1.91. The van der Waals surface area contributed by atoms with Crippen LogP contribution >= 0.6 is 0 Å². The van der Waals surface area contributed by atoms with E-state index in [1.165, 1.54) is 11.2 Å². The summed E-state index contributed by atoms with van der Waals surface area (Å²) in [7, 11) is 0. The van der Waals surface area contributed by atoms with E-state index in [-0.39, 0.29) is 12.5 Å². The van der Waals surface area contributed by atoms with Crippen LogP contribution in [0.3, 0.4) is 0 Å². The third-order valence-corrected chi connectivity index (χ3v) is 1.09. The Morgan fingerprint density at radius 2 is 2.67 bits per heavy atom. The van der Waals surface area contributed by atoms with Crippen LogP contribution in [-0.2, 0) is 4.79 Å². The third-order valence-electron chi connectivity index (χ3n) is 1.09. The molecule has 4 nitrogen and oxygen atoms in total. The van der Waals surface area contributed by atoms with Gasteiger partial charge in [-0.1, -0.05) is 0 Å². The number of aliphatic hydroxyl groups is 1. The standard InChI is InChI=1S/C5H8N2O2/c8-4-3-7-5(9)1-2-6-7/h2,8H,1,3-4H2. The molecule has 1 aliphatic rings. The summed E-state index contributed by atoms with van der Waals surface area (Å²) in [5.41, 5.74) is 0. The van der Waals surface area contributed by atoms with Gasteiger partial charge in [0.25, 0.3) is 0 Å². The van der Waals surface area contributed by atoms with E-state index < -0.39 is 0 Å². The van der Waals surface area contributed by atoms with Gasteiger partial charge in [0.15, 0.2) is 0 Å². The fraction of sp³-hybridized carbons (Fsp3) is 0.600. The molecule has 0 spiro atoms. The molecule has 1 heterocycles. The maximum Gasteiger partial charge on any atom is 0.248 e. The number of aliphatic hydroxyl groups excluding tert-OH is 1. The molecule has 0 radical (unpaired) electrons. The Balaban J connectivity index is 2.40. The molecular weight excluding hydrogens is 120 g/mol. The van der Waals surface area contributed by atoms with Crippen molar-refractivity contribution in [3.8, 4) is 0 Å². The van der Waals surface area contributed by atoms with Crippen LogP contribution in [0.5, 0.6) is 0 Å². The van der Waals surface area contributed by atoms with Crippen LogP contribution in [0, 0.1) is 0 Å². The molecule has 0 atom stereocenters. The molecule has 1 amide bonds. The number of nitrogens with zero attached hydrogens (tertiary/aromatic N) is 2. The van der Waals surface area contributed by atoms with Crippen molar-refractivity contribution in [2.24, 2.45) is 5.10 Å². The maximum absolute atomic E-state index is 10.7. The lowest BCUT2D eigenvalue weighted by Crippen LogP contribution is -2.23. The molecule has 0 unspecified atom stereocenters. The quantitative estimate of drug-likeness (QED) is 0.529. The summed E-state index contributed by atoms with van der Waals surface area (Å²) in [6.45, 7) is 0.290. The molecule has 0 aromatic rings. The van der Waals surface area contributed by atoms with Crippen LogP contribution in [0.2, 0.25) is 0 Å². The van der Waals surface area contributed by atoms with Gasteiger partial charge in [-0.2, -0.15) is 5.10 Å². The van der Waals surface area contributed by atoms with Crippen molar-refractivity contribution in [2.45, 2.75) is 6.42 Å². The van der Waals surface area contributed by atoms with E-state index in [0.717, 1.165) is 0 Å². The van der Waals surface area contributed by atoms with Crippen molar-refractivity contribution in [1.82, 2.24) is 5.01 Å². The minimum atomic E-state index is -0.0379. The van der Waals surface area contributed by atoms with Crippen molar-refractivity contribution in [3.05, 3.63) is 0 Å². The van der Waals surface area contributed by atoms with Gasteiger partial charge >= 0.3 is 0 Å². The summed E-state index contributed by atoms with van der Waals surface area (Å²) < 4.78 is 0. The van der Waals surface area contributed by atoms with Gasteiger partial charge in [0.05, 0.1) is 19.6 Å². The van der Waals surface area contributed by atoms with E-state index in [9.17, 15) is 4.79 Å². The van der Waals surface area contributed by atoms with Crippen LogP contribution in [0.15, 0.2) is 5.10 Å². The molecule has 1 aliphatic heterocycles. The predicted molar refractivity (Wildman–Crippen MR) is 31.9 cm³/mol. The first-order valence-electron chi connectivity index (χ1n) is 2.78. The number of β-amino-alcohol motifs (C(OH)–C–C–N with tert-alkyl or cyclic N) is 1. The van der Waals surface area contributed by atoms with E-state index in [4.69, 9.17) is 5.11 Å². The van der Waals surface area contributed by atoms with Crippen LogP contribution in [0.1, 0.15) is 6.42 Å². The fourth-order valence-electron chi connectivity index (χ4n) is 0.664. The first-order chi connectivity index (χ1) is 4.34. The molecule has 9 heavy (non-hydrogen) atoms. The Morgan fingerprint density at radius 3 is 3.11 bits per heavy atom. The van der Waals surface area contributed by atoms with Crippen LogP contribution in [0.4, 0.5) is 0 Å². The molecule has 0 aromatic carbocycles. The van der Waals surface area contributed by atoms with Gasteiger partial charge in [-0.15, -0.1) is 0 Å². The van der Waals surface area contributed by atoms with Gasteiger partial charge in [-0.05, 0) is 0 Å². The summed E-state index contributed by atoms with van der Waals surface area (Å²) in [5.74, 6) is -0.0379. The summed E-state index contributed by atoms with van der Waals surface area (Å²) >= 11 is 0. The number of amides is 1. The van der Waals surface area contributed by atoms with Gasteiger partial charge in [0.1, 0.15) is 0 Å². The number of rotatable bonds is 2. The zero-order valence-corrected chi connectivity index (χ0v) is 4.95. The second-order valence-electron chi connectivity index (χ2n) is 1.74. The summed E-state index contributed by atoms with van der Waals surface area (Å²) in [6, 6.07) is 0. The van der Waals surface area contributed by atoms with Gasteiger partial charge in [-0.25, -0.2) is 5.01 Å². The molecule has 0 aromatic heterocycles. The monoisotopic (exact) mass is 128 g/mol. The Labute approximate surface area is 52.8 Å². The minimum absolute atomic E-state index is 0.0247. The first-order valence-corrected chi connectivity index (χ1v) is 2.78. The van der Waals surface area contributed by atoms with E-state index in [1.807, 2.05) is 0 Å². The van der Waals surface area contributed by atoms with Crippen LogP contribution in [0.25, 0.3) is 0 Å². The van der Waals surface area contributed by atoms with E-state index in [1.54, 1.807) is 0 Å². The van der Waals surface area contributed by atoms with E-state index in [2.05, 4.69) is 5.10 Å². The van der Waals surface area contributed by atoms with E-state index in [0.29, 0.717) is 13.0 Å². The SMILES string of the molecule is O=C1CC=NN1CCO. The fourth-order valence-corrected chi connectivity index (χ4v) is 0.664. The Kier molecular flexibility index (Phi) is 1.79. The average molecular weight is 128 g/mol. The van der Waals surface area contributed by atoms with Crippen LogP contribution < -0.4 is 0 Å². The zero-order chi connectivity index (χ0) is 6.69. The molecule has 0 aliphatic carbocycles.